The largest absolute Gasteiger partial charge is 0.491 e. The molecule has 2 heterocycles. The first-order valence-electron chi connectivity index (χ1n) is 10.8. The van der Waals surface area contributed by atoms with Crippen LogP contribution in [-0.4, -0.2) is 25.4 Å². The predicted molar refractivity (Wildman–Crippen MR) is 122 cm³/mol. The van der Waals surface area contributed by atoms with Crippen LogP contribution in [0.4, 0.5) is 0 Å². The molecule has 166 valence electrons. The number of nitrogens with zero attached hydrogens (tertiary/aromatic N) is 4. The van der Waals surface area contributed by atoms with Crippen LogP contribution in [0, 0.1) is 0 Å². The van der Waals surface area contributed by atoms with Crippen molar-refractivity contribution in [1.29, 1.82) is 0 Å². The average Bonchev–Trinajstić information content (AvgIpc) is 3.25. The summed E-state index contributed by atoms with van der Waals surface area (Å²) in [5, 5.41) is 4.55. The van der Waals surface area contributed by atoms with Gasteiger partial charge in [0.1, 0.15) is 12.3 Å². The van der Waals surface area contributed by atoms with Gasteiger partial charge in [0.05, 0.1) is 17.0 Å². The summed E-state index contributed by atoms with van der Waals surface area (Å²) in [6.07, 6.45) is 1.72. The van der Waals surface area contributed by atoms with Crippen LogP contribution in [0.5, 0.6) is 5.75 Å². The molecule has 0 aliphatic rings. The molecular weight excluding hydrogens is 408 g/mol. The number of hydrogen-bond donors (Lipinski definition) is 0. The highest BCUT2D eigenvalue weighted by Gasteiger charge is 2.16. The van der Waals surface area contributed by atoms with Gasteiger partial charge in [0.25, 0.3) is 5.56 Å². The minimum Gasteiger partial charge on any atom is -0.491 e. The first-order chi connectivity index (χ1) is 15.5. The number of ether oxygens (including phenoxy) is 1. The molecular formula is C24H26N4O4. The highest BCUT2D eigenvalue weighted by molar-refractivity contribution is 5.77. The molecule has 0 aliphatic carbocycles. The van der Waals surface area contributed by atoms with E-state index in [1.165, 1.54) is 9.13 Å². The first kappa shape index (κ1) is 21.5. The number of rotatable bonds is 8. The molecule has 0 saturated heterocycles. The maximum atomic E-state index is 13.1. The van der Waals surface area contributed by atoms with Crippen LogP contribution < -0.4 is 16.0 Å². The Labute approximate surface area is 185 Å². The van der Waals surface area contributed by atoms with E-state index in [9.17, 15) is 9.59 Å². The highest BCUT2D eigenvalue weighted by atomic mass is 16.5. The Bertz CT molecular complexity index is 1330. The molecule has 0 amide bonds. The van der Waals surface area contributed by atoms with Crippen molar-refractivity contribution in [3.05, 3.63) is 75.3 Å². The molecule has 0 spiro atoms. The SMILES string of the molecule is CCCCn1c(=O)c2ccccc2n(Cc2nc(-c3ccc(OC(C)C)cc3)no2)c1=O. The molecule has 0 saturated carbocycles. The standard InChI is InChI=1S/C24H26N4O4/c1-4-5-14-27-23(29)19-8-6-7-9-20(19)28(24(27)30)15-21-25-22(26-32-21)17-10-12-18(13-11-17)31-16(2)3/h6-13,16H,4-5,14-15H2,1-3H3. The Morgan fingerprint density at radius 2 is 1.78 bits per heavy atom. The molecule has 8 heteroatoms. The van der Waals surface area contributed by atoms with Gasteiger partial charge in [-0.05, 0) is 56.7 Å². The molecule has 0 fully saturated rings. The van der Waals surface area contributed by atoms with E-state index in [1.54, 1.807) is 24.3 Å². The van der Waals surface area contributed by atoms with Gasteiger partial charge in [-0.2, -0.15) is 4.98 Å². The number of para-hydroxylation sites is 1. The van der Waals surface area contributed by atoms with Gasteiger partial charge in [-0.3, -0.25) is 13.9 Å². The summed E-state index contributed by atoms with van der Waals surface area (Å²) in [5.41, 5.74) is 0.675. The van der Waals surface area contributed by atoms with Crippen LogP contribution in [0.2, 0.25) is 0 Å². The van der Waals surface area contributed by atoms with Crippen molar-refractivity contribution in [3.63, 3.8) is 0 Å². The van der Waals surface area contributed by atoms with Crippen LogP contribution >= 0.6 is 0 Å². The lowest BCUT2D eigenvalue weighted by Gasteiger charge is -2.12. The lowest BCUT2D eigenvalue weighted by atomic mass is 10.2. The van der Waals surface area contributed by atoms with Crippen LogP contribution in [-0.2, 0) is 13.1 Å². The zero-order valence-electron chi connectivity index (χ0n) is 18.4. The Morgan fingerprint density at radius 3 is 2.50 bits per heavy atom. The molecule has 2 aromatic heterocycles. The summed E-state index contributed by atoms with van der Waals surface area (Å²) in [4.78, 5) is 30.4. The lowest BCUT2D eigenvalue weighted by molar-refractivity contribution is 0.242. The van der Waals surface area contributed by atoms with Gasteiger partial charge in [-0.15, -0.1) is 0 Å². The first-order valence-corrected chi connectivity index (χ1v) is 10.8. The van der Waals surface area contributed by atoms with Gasteiger partial charge in [0, 0.05) is 12.1 Å². The fourth-order valence-electron chi connectivity index (χ4n) is 3.56. The second kappa shape index (κ2) is 9.21. The van der Waals surface area contributed by atoms with Crippen molar-refractivity contribution in [2.24, 2.45) is 0 Å². The Morgan fingerprint density at radius 1 is 1.03 bits per heavy atom. The summed E-state index contributed by atoms with van der Waals surface area (Å²) in [6.45, 7) is 6.41. The number of fused-ring (bicyclic) bond motifs is 1. The van der Waals surface area contributed by atoms with Crippen molar-refractivity contribution in [2.75, 3.05) is 0 Å². The molecule has 0 bridgehead atoms. The normalized spacial score (nSPS) is 11.4. The molecule has 32 heavy (non-hydrogen) atoms. The predicted octanol–water partition coefficient (Wildman–Crippen LogP) is 3.85. The van der Waals surface area contributed by atoms with E-state index in [2.05, 4.69) is 10.1 Å². The molecule has 0 aliphatic heterocycles. The van der Waals surface area contributed by atoms with Crippen molar-refractivity contribution in [3.8, 4) is 17.1 Å². The maximum Gasteiger partial charge on any atom is 0.331 e. The van der Waals surface area contributed by atoms with Crippen LogP contribution in [0.3, 0.4) is 0 Å². The quantitative estimate of drug-likeness (QED) is 0.418. The molecule has 0 N–H and O–H groups in total. The molecule has 4 rings (SSSR count). The van der Waals surface area contributed by atoms with Gasteiger partial charge in [0.2, 0.25) is 11.7 Å². The summed E-state index contributed by atoms with van der Waals surface area (Å²) >= 11 is 0. The Balaban J connectivity index is 1.68. The number of benzene rings is 2. The second-order valence-electron chi connectivity index (χ2n) is 7.90. The summed E-state index contributed by atoms with van der Waals surface area (Å²) < 4.78 is 13.9. The van der Waals surface area contributed by atoms with Crippen molar-refractivity contribution >= 4 is 10.9 Å². The molecule has 0 atom stereocenters. The van der Waals surface area contributed by atoms with Gasteiger partial charge in [-0.1, -0.05) is 30.6 Å². The molecule has 0 radical (unpaired) electrons. The van der Waals surface area contributed by atoms with E-state index in [-0.39, 0.29) is 29.8 Å². The van der Waals surface area contributed by atoms with Crippen molar-refractivity contribution in [2.45, 2.75) is 52.8 Å². The van der Waals surface area contributed by atoms with Crippen LogP contribution in [0.25, 0.3) is 22.3 Å². The van der Waals surface area contributed by atoms with E-state index in [0.29, 0.717) is 23.3 Å². The Kier molecular flexibility index (Phi) is 6.20. The van der Waals surface area contributed by atoms with E-state index in [1.807, 2.05) is 45.0 Å². The van der Waals surface area contributed by atoms with E-state index in [4.69, 9.17) is 9.26 Å². The number of hydrogen-bond acceptors (Lipinski definition) is 6. The third-order valence-corrected chi connectivity index (χ3v) is 5.11. The second-order valence-corrected chi connectivity index (χ2v) is 7.90. The third-order valence-electron chi connectivity index (χ3n) is 5.11. The van der Waals surface area contributed by atoms with Gasteiger partial charge >= 0.3 is 5.69 Å². The Hall–Kier alpha value is -3.68. The van der Waals surface area contributed by atoms with Gasteiger partial charge in [0.15, 0.2) is 0 Å². The fraction of sp³-hybridized carbons (Fsp3) is 0.333. The molecule has 2 aromatic carbocycles. The van der Waals surface area contributed by atoms with E-state index >= 15 is 0 Å². The minimum absolute atomic E-state index is 0.0767. The zero-order valence-corrected chi connectivity index (χ0v) is 18.4. The van der Waals surface area contributed by atoms with Crippen molar-refractivity contribution < 1.29 is 9.26 Å². The average molecular weight is 434 g/mol. The van der Waals surface area contributed by atoms with Crippen LogP contribution in [0.15, 0.2) is 62.6 Å². The number of aromatic nitrogens is 4. The summed E-state index contributed by atoms with van der Waals surface area (Å²) in [6, 6.07) is 14.5. The van der Waals surface area contributed by atoms with Crippen LogP contribution in [0.1, 0.15) is 39.5 Å². The molecule has 8 nitrogen and oxygen atoms in total. The van der Waals surface area contributed by atoms with Crippen molar-refractivity contribution in [1.82, 2.24) is 19.3 Å². The van der Waals surface area contributed by atoms with E-state index in [0.717, 1.165) is 24.2 Å². The molecule has 4 aromatic rings. The van der Waals surface area contributed by atoms with Gasteiger partial charge in [-0.25, -0.2) is 4.79 Å². The zero-order chi connectivity index (χ0) is 22.7. The smallest absolute Gasteiger partial charge is 0.331 e. The van der Waals surface area contributed by atoms with E-state index < -0.39 is 0 Å². The topological polar surface area (TPSA) is 92.2 Å². The minimum atomic E-state index is -0.378. The fourth-order valence-corrected chi connectivity index (χ4v) is 3.56. The lowest BCUT2D eigenvalue weighted by Crippen LogP contribution is -2.40. The number of unbranched alkanes of at least 4 members (excludes halogenated alkanes) is 1. The van der Waals surface area contributed by atoms with Gasteiger partial charge < -0.3 is 9.26 Å². The monoisotopic (exact) mass is 434 g/mol. The third kappa shape index (κ3) is 4.34. The highest BCUT2D eigenvalue weighted by Crippen LogP contribution is 2.21. The maximum absolute atomic E-state index is 13.1. The summed E-state index contributed by atoms with van der Waals surface area (Å²) in [5.74, 6) is 1.48. The molecule has 0 unspecified atom stereocenters. The summed E-state index contributed by atoms with van der Waals surface area (Å²) in [7, 11) is 0.